The van der Waals surface area contributed by atoms with E-state index in [9.17, 15) is 4.79 Å². The number of aliphatic imine (C=N–C) groups is 1. The van der Waals surface area contributed by atoms with Crippen molar-refractivity contribution in [2.45, 2.75) is 26.7 Å². The fourth-order valence-corrected chi connectivity index (χ4v) is 2.61. The number of methoxy groups -OCH3 is 1. The highest BCUT2D eigenvalue weighted by Gasteiger charge is 2.09. The molecule has 0 saturated heterocycles. The number of pyridine rings is 1. The molecule has 5 nitrogen and oxygen atoms in total. The van der Waals surface area contributed by atoms with Crippen LogP contribution in [0.2, 0.25) is 5.02 Å². The van der Waals surface area contributed by atoms with Gasteiger partial charge >= 0.3 is 0 Å². The van der Waals surface area contributed by atoms with Crippen molar-refractivity contribution in [3.63, 3.8) is 0 Å². The van der Waals surface area contributed by atoms with Crippen molar-refractivity contribution in [1.29, 1.82) is 0 Å². The first-order valence-corrected chi connectivity index (χ1v) is 9.23. The third-order valence-corrected chi connectivity index (χ3v) is 4.62. The molecule has 1 aromatic heterocycles. The summed E-state index contributed by atoms with van der Waals surface area (Å²) in [6, 6.07) is 1.68. The lowest BCUT2D eigenvalue weighted by atomic mass is 10.0. The number of halogens is 1. The molecular weight excluding hydrogens is 374 g/mol. The maximum atomic E-state index is 12.4. The van der Waals surface area contributed by atoms with Gasteiger partial charge in [-0.3, -0.25) is 9.78 Å². The molecule has 0 saturated carbocycles. The molecule has 1 aromatic rings. The van der Waals surface area contributed by atoms with Crippen LogP contribution in [0.25, 0.3) is 0 Å². The molecule has 0 spiro atoms. The SMILES string of the molecule is C=C(/C=C\C(=C/C)CC(=O)Nc1ccnc(C)c1Cl)C1=CN=C(OC)C=CC1. The van der Waals surface area contributed by atoms with E-state index in [1.54, 1.807) is 32.5 Å². The Morgan fingerprint density at radius 2 is 2.21 bits per heavy atom. The highest BCUT2D eigenvalue weighted by Crippen LogP contribution is 2.24. The van der Waals surface area contributed by atoms with Crippen molar-refractivity contribution in [2.24, 2.45) is 4.99 Å². The van der Waals surface area contributed by atoms with Crippen LogP contribution >= 0.6 is 11.6 Å². The molecule has 2 heterocycles. The summed E-state index contributed by atoms with van der Waals surface area (Å²) in [5, 5.41) is 3.28. The topological polar surface area (TPSA) is 63.6 Å². The first kappa shape index (κ1) is 21.4. The molecule has 0 unspecified atom stereocenters. The first-order valence-electron chi connectivity index (χ1n) is 8.85. The molecule has 0 aliphatic carbocycles. The Balaban J connectivity index is 2.00. The van der Waals surface area contributed by atoms with Crippen molar-refractivity contribution in [3.05, 3.63) is 82.9 Å². The number of hydrogen-bond acceptors (Lipinski definition) is 4. The Kier molecular flexibility index (Phi) is 7.96. The van der Waals surface area contributed by atoms with E-state index in [-0.39, 0.29) is 12.3 Å². The molecule has 0 atom stereocenters. The highest BCUT2D eigenvalue weighted by molar-refractivity contribution is 6.34. The van der Waals surface area contributed by atoms with Crippen LogP contribution in [-0.4, -0.2) is 23.9 Å². The van der Waals surface area contributed by atoms with Gasteiger partial charge in [0.1, 0.15) is 0 Å². The molecule has 0 radical (unpaired) electrons. The predicted octanol–water partition coefficient (Wildman–Crippen LogP) is 5.32. The van der Waals surface area contributed by atoms with Gasteiger partial charge in [-0.05, 0) is 49.1 Å². The number of aromatic nitrogens is 1. The molecule has 0 fully saturated rings. The summed E-state index contributed by atoms with van der Waals surface area (Å²) >= 11 is 6.18. The van der Waals surface area contributed by atoms with Crippen LogP contribution in [0.4, 0.5) is 5.69 Å². The van der Waals surface area contributed by atoms with E-state index in [1.807, 2.05) is 37.3 Å². The molecule has 146 valence electrons. The van der Waals surface area contributed by atoms with Crippen LogP contribution in [-0.2, 0) is 9.53 Å². The lowest BCUT2D eigenvalue weighted by molar-refractivity contribution is -0.115. The normalized spacial score (nSPS) is 14.4. The zero-order valence-electron chi connectivity index (χ0n) is 16.3. The predicted molar refractivity (Wildman–Crippen MR) is 116 cm³/mol. The summed E-state index contributed by atoms with van der Waals surface area (Å²) in [7, 11) is 1.58. The fraction of sp³-hybridized carbons (Fsp3) is 0.227. The molecule has 0 aromatic carbocycles. The van der Waals surface area contributed by atoms with Crippen molar-refractivity contribution in [1.82, 2.24) is 4.98 Å². The fourth-order valence-electron chi connectivity index (χ4n) is 2.46. The zero-order valence-corrected chi connectivity index (χ0v) is 17.1. The van der Waals surface area contributed by atoms with Gasteiger partial charge in [0.15, 0.2) is 0 Å². The number of nitrogens with one attached hydrogen (secondary N) is 1. The van der Waals surface area contributed by atoms with Gasteiger partial charge in [0.05, 0.1) is 29.9 Å². The van der Waals surface area contributed by atoms with Gasteiger partial charge in [-0.1, -0.05) is 42.5 Å². The maximum absolute atomic E-state index is 12.4. The number of rotatable bonds is 6. The van der Waals surface area contributed by atoms with E-state index >= 15 is 0 Å². The number of carbonyl (C=O) groups is 1. The van der Waals surface area contributed by atoms with Gasteiger partial charge in [-0.15, -0.1) is 0 Å². The van der Waals surface area contributed by atoms with Gasteiger partial charge in [0, 0.05) is 12.4 Å². The Hall–Kier alpha value is -2.92. The summed E-state index contributed by atoms with van der Waals surface area (Å²) in [4.78, 5) is 20.7. The van der Waals surface area contributed by atoms with Crippen molar-refractivity contribution >= 4 is 29.1 Å². The number of carbonyl (C=O) groups excluding carboxylic acids is 1. The molecule has 1 aliphatic heterocycles. The van der Waals surface area contributed by atoms with E-state index in [1.165, 1.54) is 0 Å². The average molecular weight is 398 g/mol. The summed E-state index contributed by atoms with van der Waals surface area (Å²) in [5.74, 6) is 0.407. The van der Waals surface area contributed by atoms with Gasteiger partial charge in [-0.25, -0.2) is 4.99 Å². The standard InChI is InChI=1S/C22H24ClN3O2/c1-5-17(13-20(27)26-19-11-12-24-16(3)22(19)23)10-9-15(2)18-7-6-8-21(28-4)25-14-18/h5-6,8-12,14H,2,7,13H2,1,3-4H3,(H,24,26,27)/b10-9-,17-5+. The average Bonchev–Trinajstić information content (AvgIpc) is 2.94. The van der Waals surface area contributed by atoms with Crippen molar-refractivity contribution in [2.75, 3.05) is 12.4 Å². The number of hydrogen-bond donors (Lipinski definition) is 1. The van der Waals surface area contributed by atoms with Crippen molar-refractivity contribution < 1.29 is 9.53 Å². The Morgan fingerprint density at radius 1 is 1.43 bits per heavy atom. The van der Waals surface area contributed by atoms with E-state index in [2.05, 4.69) is 21.9 Å². The highest BCUT2D eigenvalue weighted by atomic mass is 35.5. The summed E-state index contributed by atoms with van der Waals surface area (Å²) < 4.78 is 5.13. The van der Waals surface area contributed by atoms with Crippen LogP contribution in [0.5, 0.6) is 0 Å². The second kappa shape index (κ2) is 10.4. The molecule has 1 amide bonds. The van der Waals surface area contributed by atoms with E-state index < -0.39 is 0 Å². The first-order chi connectivity index (χ1) is 13.4. The summed E-state index contributed by atoms with van der Waals surface area (Å²) in [6.45, 7) is 7.78. The van der Waals surface area contributed by atoms with Crippen molar-refractivity contribution in [3.8, 4) is 0 Å². The second-order valence-electron chi connectivity index (χ2n) is 6.14. The lowest BCUT2D eigenvalue weighted by Crippen LogP contribution is -2.12. The van der Waals surface area contributed by atoms with Crippen LogP contribution in [0.3, 0.4) is 0 Å². The quantitative estimate of drug-likeness (QED) is 0.660. The van der Waals surface area contributed by atoms with Gasteiger partial charge in [0.25, 0.3) is 0 Å². The Bertz CT molecular complexity index is 908. The van der Waals surface area contributed by atoms with Crippen LogP contribution in [0.15, 0.2) is 77.1 Å². The number of anilines is 1. The minimum Gasteiger partial charge on any atom is -0.481 e. The Labute approximate surface area is 170 Å². The number of allylic oxidation sites excluding steroid dienone is 6. The van der Waals surface area contributed by atoms with Crippen LogP contribution in [0.1, 0.15) is 25.5 Å². The van der Waals surface area contributed by atoms with E-state index in [4.69, 9.17) is 16.3 Å². The number of ether oxygens (including phenoxy) is 1. The molecule has 6 heteroatoms. The largest absolute Gasteiger partial charge is 0.481 e. The molecule has 2 rings (SSSR count). The molecular formula is C22H24ClN3O2. The second-order valence-corrected chi connectivity index (χ2v) is 6.52. The van der Waals surface area contributed by atoms with Crippen LogP contribution in [0, 0.1) is 6.92 Å². The number of aryl methyl sites for hydroxylation is 1. The molecule has 28 heavy (non-hydrogen) atoms. The third-order valence-electron chi connectivity index (χ3n) is 4.14. The smallest absolute Gasteiger partial charge is 0.228 e. The number of nitrogens with zero attached hydrogens (tertiary/aromatic N) is 2. The summed E-state index contributed by atoms with van der Waals surface area (Å²) in [5.41, 5.74) is 3.92. The lowest BCUT2D eigenvalue weighted by Gasteiger charge is -2.09. The maximum Gasteiger partial charge on any atom is 0.228 e. The van der Waals surface area contributed by atoms with Crippen LogP contribution < -0.4 is 5.32 Å². The zero-order chi connectivity index (χ0) is 20.5. The Morgan fingerprint density at radius 3 is 2.93 bits per heavy atom. The molecule has 1 N–H and O–H groups in total. The minimum atomic E-state index is -0.151. The van der Waals surface area contributed by atoms with E-state index in [0.29, 0.717) is 28.7 Å². The monoisotopic (exact) mass is 397 g/mol. The van der Waals surface area contributed by atoms with Gasteiger partial charge < -0.3 is 10.1 Å². The summed E-state index contributed by atoms with van der Waals surface area (Å²) in [6.07, 6.45) is 13.8. The van der Waals surface area contributed by atoms with Gasteiger partial charge in [0.2, 0.25) is 11.8 Å². The minimum absolute atomic E-state index is 0.151. The third kappa shape index (κ3) is 6.06. The molecule has 1 aliphatic rings. The molecule has 0 bridgehead atoms. The van der Waals surface area contributed by atoms with Gasteiger partial charge in [-0.2, -0.15) is 0 Å². The number of amides is 1. The van der Waals surface area contributed by atoms with E-state index in [0.717, 1.165) is 16.7 Å².